The van der Waals surface area contributed by atoms with E-state index in [9.17, 15) is 0 Å². The Kier molecular flexibility index (Phi) is 10.9. The Hall–Kier alpha value is -1.20. The van der Waals surface area contributed by atoms with Crippen LogP contribution in [0.25, 0.3) is 0 Å². The number of hydrogen-bond acceptors (Lipinski definition) is 5. The second-order valence-corrected chi connectivity index (χ2v) is 9.88. The number of piperidine rings is 1. The van der Waals surface area contributed by atoms with Crippen molar-refractivity contribution in [3.8, 4) is 0 Å². The van der Waals surface area contributed by atoms with Gasteiger partial charge >= 0.3 is 0 Å². The zero-order valence-electron chi connectivity index (χ0n) is 20.4. The van der Waals surface area contributed by atoms with E-state index >= 15 is 0 Å². The first-order valence-electron chi connectivity index (χ1n) is 11.5. The third-order valence-corrected chi connectivity index (χ3v) is 6.99. The van der Waals surface area contributed by atoms with Gasteiger partial charge in [0.2, 0.25) is 0 Å². The summed E-state index contributed by atoms with van der Waals surface area (Å²) in [4.78, 5) is 12.1. The Labute approximate surface area is 214 Å². The van der Waals surface area contributed by atoms with Gasteiger partial charge < -0.3 is 10.6 Å². The number of nitrogens with one attached hydrogen (secondary N) is 2. The topological polar surface area (TPSA) is 70.4 Å². The molecule has 0 amide bonds. The van der Waals surface area contributed by atoms with Crippen molar-refractivity contribution in [2.45, 2.75) is 66.5 Å². The highest BCUT2D eigenvalue weighted by Gasteiger charge is 2.20. The number of likely N-dealkylation sites (tertiary alicyclic amines) is 1. The lowest BCUT2D eigenvalue weighted by atomic mass is 9.97. The van der Waals surface area contributed by atoms with Gasteiger partial charge in [0.15, 0.2) is 5.96 Å². The zero-order chi connectivity index (χ0) is 22.4. The minimum atomic E-state index is 0. The molecule has 3 rings (SSSR count). The molecule has 0 aliphatic carbocycles. The van der Waals surface area contributed by atoms with Crippen LogP contribution in [-0.4, -0.2) is 57.8 Å². The Morgan fingerprint density at radius 1 is 1.28 bits per heavy atom. The molecule has 1 unspecified atom stereocenters. The summed E-state index contributed by atoms with van der Waals surface area (Å²) in [6, 6.07) is 0.294. The highest BCUT2D eigenvalue weighted by Crippen LogP contribution is 2.20. The maximum atomic E-state index is 4.93. The fourth-order valence-electron chi connectivity index (χ4n) is 4.28. The van der Waals surface area contributed by atoms with Gasteiger partial charge in [0.05, 0.1) is 16.4 Å². The van der Waals surface area contributed by atoms with Gasteiger partial charge in [0.25, 0.3) is 0 Å². The molecule has 2 aromatic heterocycles. The van der Waals surface area contributed by atoms with E-state index in [0.29, 0.717) is 12.0 Å². The average molecular weight is 574 g/mol. The van der Waals surface area contributed by atoms with Gasteiger partial charge in [-0.15, -0.1) is 35.3 Å². The van der Waals surface area contributed by atoms with Crippen LogP contribution < -0.4 is 10.6 Å². The van der Waals surface area contributed by atoms with Gasteiger partial charge in [-0.1, -0.05) is 0 Å². The maximum Gasteiger partial charge on any atom is 0.191 e. The van der Waals surface area contributed by atoms with E-state index in [1.54, 1.807) is 11.3 Å². The zero-order valence-corrected chi connectivity index (χ0v) is 23.6. The van der Waals surface area contributed by atoms with Crippen molar-refractivity contribution < 1.29 is 0 Å². The molecule has 1 atom stereocenters. The van der Waals surface area contributed by atoms with E-state index in [-0.39, 0.29) is 24.0 Å². The number of thiazole rings is 1. The first-order valence-corrected chi connectivity index (χ1v) is 12.4. The summed E-state index contributed by atoms with van der Waals surface area (Å²) in [5.74, 6) is 1.58. The third-order valence-electron chi connectivity index (χ3n) is 6.16. The minimum absolute atomic E-state index is 0. The molecule has 180 valence electrons. The van der Waals surface area contributed by atoms with E-state index in [1.807, 2.05) is 11.7 Å². The van der Waals surface area contributed by atoms with Crippen LogP contribution in [0.15, 0.2) is 10.4 Å². The molecular weight excluding hydrogens is 533 g/mol. The predicted octanol–water partition coefficient (Wildman–Crippen LogP) is 3.82. The summed E-state index contributed by atoms with van der Waals surface area (Å²) in [5.41, 5.74) is 4.91. The molecule has 3 heterocycles. The smallest absolute Gasteiger partial charge is 0.191 e. The van der Waals surface area contributed by atoms with Crippen LogP contribution in [-0.2, 0) is 20.0 Å². The van der Waals surface area contributed by atoms with Crippen molar-refractivity contribution in [2.75, 3.05) is 26.2 Å². The summed E-state index contributed by atoms with van der Waals surface area (Å²) in [5, 5.41) is 14.9. The number of aliphatic imine (C=N–C) groups is 1. The number of aromatic nitrogens is 3. The van der Waals surface area contributed by atoms with Crippen molar-refractivity contribution >= 4 is 41.3 Å². The van der Waals surface area contributed by atoms with Crippen molar-refractivity contribution in [3.63, 3.8) is 0 Å². The fraction of sp³-hybridized carbons (Fsp3) is 0.696. The van der Waals surface area contributed by atoms with Crippen LogP contribution in [0.2, 0.25) is 0 Å². The molecule has 32 heavy (non-hydrogen) atoms. The monoisotopic (exact) mass is 573 g/mol. The molecule has 0 bridgehead atoms. The summed E-state index contributed by atoms with van der Waals surface area (Å²) >= 11 is 1.74. The van der Waals surface area contributed by atoms with E-state index in [4.69, 9.17) is 4.99 Å². The largest absolute Gasteiger partial charge is 0.357 e. The normalized spacial score (nSPS) is 16.6. The second kappa shape index (κ2) is 12.9. The quantitative estimate of drug-likeness (QED) is 0.286. The van der Waals surface area contributed by atoms with E-state index < -0.39 is 0 Å². The highest BCUT2D eigenvalue weighted by atomic mass is 127. The number of hydrogen-bond donors (Lipinski definition) is 2. The molecule has 0 aromatic carbocycles. The Bertz CT molecular complexity index is 868. The molecule has 0 radical (unpaired) electrons. The van der Waals surface area contributed by atoms with Crippen LogP contribution in [0.3, 0.4) is 0 Å². The number of guanidine groups is 1. The van der Waals surface area contributed by atoms with E-state index in [1.165, 1.54) is 29.8 Å². The molecule has 0 spiro atoms. The third kappa shape index (κ3) is 7.69. The molecule has 7 nitrogen and oxygen atoms in total. The van der Waals surface area contributed by atoms with Gasteiger partial charge in [-0.05, 0) is 78.5 Å². The van der Waals surface area contributed by atoms with E-state index in [2.05, 4.69) is 65.6 Å². The Morgan fingerprint density at radius 2 is 2.00 bits per heavy atom. The molecule has 1 saturated heterocycles. The van der Waals surface area contributed by atoms with Crippen molar-refractivity contribution in [1.29, 1.82) is 0 Å². The summed E-state index contributed by atoms with van der Waals surface area (Å²) in [6.45, 7) is 15.7. The molecule has 1 fully saturated rings. The van der Waals surface area contributed by atoms with Gasteiger partial charge in [0.1, 0.15) is 0 Å². The summed E-state index contributed by atoms with van der Waals surface area (Å²) < 4.78 is 1.97. The lowest BCUT2D eigenvalue weighted by molar-refractivity contribution is 0.179. The lowest BCUT2D eigenvalue weighted by Crippen LogP contribution is -2.43. The van der Waals surface area contributed by atoms with Crippen LogP contribution in [0.5, 0.6) is 0 Å². The molecule has 9 heteroatoms. The number of nitrogens with zero attached hydrogens (tertiary/aromatic N) is 5. The van der Waals surface area contributed by atoms with Crippen LogP contribution >= 0.6 is 35.3 Å². The molecule has 1 aliphatic rings. The van der Waals surface area contributed by atoms with Gasteiger partial charge in [-0.25, -0.2) is 4.98 Å². The fourth-order valence-corrected chi connectivity index (χ4v) is 4.88. The molecule has 0 saturated carbocycles. The predicted molar refractivity (Wildman–Crippen MR) is 145 cm³/mol. The Morgan fingerprint density at radius 3 is 2.56 bits per heavy atom. The summed E-state index contributed by atoms with van der Waals surface area (Å²) in [6.07, 6.45) is 3.36. The van der Waals surface area contributed by atoms with E-state index in [0.717, 1.165) is 55.8 Å². The standard InChI is InChI=1S/C23H39N7S.HI/c1-7-24-23(26-16(2)12-22-17(3)28-29(6)18(22)4)25-13-20-8-10-30(11-9-20)14-21-15-31-19(5)27-21;/h15-16,20H,7-14H2,1-6H3,(H2,24,25,26);1H. The first-order chi connectivity index (χ1) is 14.9. The maximum absolute atomic E-state index is 4.93. The van der Waals surface area contributed by atoms with Gasteiger partial charge in [-0.2, -0.15) is 5.10 Å². The van der Waals surface area contributed by atoms with Crippen molar-refractivity contribution in [3.05, 3.63) is 33.0 Å². The molecule has 2 aromatic rings. The molecule has 1 aliphatic heterocycles. The summed E-state index contributed by atoms with van der Waals surface area (Å²) in [7, 11) is 2.01. The minimum Gasteiger partial charge on any atom is -0.357 e. The lowest BCUT2D eigenvalue weighted by Gasteiger charge is -2.31. The highest BCUT2D eigenvalue weighted by molar-refractivity contribution is 14.0. The molecular formula is C23H40IN7S. The number of rotatable bonds is 8. The average Bonchev–Trinajstić information content (AvgIpc) is 3.24. The number of aryl methyl sites for hydroxylation is 3. The molecule has 2 N–H and O–H groups in total. The van der Waals surface area contributed by atoms with Gasteiger partial charge in [-0.3, -0.25) is 14.6 Å². The van der Waals surface area contributed by atoms with Crippen molar-refractivity contribution in [1.82, 2.24) is 30.3 Å². The van der Waals surface area contributed by atoms with Crippen LogP contribution in [0.4, 0.5) is 0 Å². The Balaban J connectivity index is 0.00000363. The van der Waals surface area contributed by atoms with Crippen LogP contribution in [0.1, 0.15) is 54.3 Å². The van der Waals surface area contributed by atoms with Gasteiger partial charge in [0, 0.05) is 43.8 Å². The van der Waals surface area contributed by atoms with Crippen molar-refractivity contribution in [2.24, 2.45) is 18.0 Å². The second-order valence-electron chi connectivity index (χ2n) is 8.82. The SMILES string of the molecule is CCNC(=NCC1CCN(Cc2csc(C)n2)CC1)NC(C)Cc1c(C)nn(C)c1C.I. The first kappa shape index (κ1) is 27.0. The number of halogens is 1. The van der Waals surface area contributed by atoms with Crippen LogP contribution in [0, 0.1) is 26.7 Å².